The van der Waals surface area contributed by atoms with Crippen molar-refractivity contribution in [2.45, 2.75) is 0 Å². The molecule has 0 atom stereocenters. The lowest BCUT2D eigenvalue weighted by Crippen LogP contribution is -1.66. The minimum Gasteiger partial charge on any atom is -0.265 e. The molecule has 6 nitrogen and oxygen atoms in total. The van der Waals surface area contributed by atoms with E-state index in [0.29, 0.717) is 0 Å². The van der Waals surface area contributed by atoms with Gasteiger partial charge in [0.2, 0.25) is 0 Å². The number of hydrogen-bond donors (Lipinski definition) is 0. The molecule has 0 bridgehead atoms. The lowest BCUT2D eigenvalue weighted by atomic mass is 10.5. The maximum absolute atomic E-state index is 3.78. The summed E-state index contributed by atoms with van der Waals surface area (Å²) in [5.74, 6) is 0. The van der Waals surface area contributed by atoms with E-state index in [0.717, 1.165) is 0 Å². The van der Waals surface area contributed by atoms with Crippen molar-refractivity contribution in [3.05, 3.63) is 111 Å². The average molecular weight is 318 g/mol. The maximum atomic E-state index is 3.78. The van der Waals surface area contributed by atoms with Crippen molar-refractivity contribution < 1.29 is 0 Å². The molecule has 6 heteroatoms. The Morgan fingerprint density at radius 1 is 0.250 bits per heavy atom. The molecule has 4 rings (SSSR count). The first kappa shape index (κ1) is 18.5. The van der Waals surface area contributed by atoms with E-state index in [-0.39, 0.29) is 0 Å². The Morgan fingerprint density at radius 2 is 0.583 bits per heavy atom. The summed E-state index contributed by atoms with van der Waals surface area (Å²) in [6.45, 7) is 0. The molecular formula is C18H18N6. The minimum absolute atomic E-state index is 1.50. The van der Waals surface area contributed by atoms with Crippen LogP contribution in [-0.4, -0.2) is 29.9 Å². The van der Waals surface area contributed by atoms with E-state index in [4.69, 9.17) is 0 Å². The molecule has 0 aliphatic heterocycles. The highest BCUT2D eigenvalue weighted by atomic mass is 14.8. The summed E-state index contributed by atoms with van der Waals surface area (Å²) in [5, 5.41) is 0. The van der Waals surface area contributed by atoms with Crippen molar-refractivity contribution in [1.82, 2.24) is 29.9 Å². The first-order valence-electron chi connectivity index (χ1n) is 7.10. The van der Waals surface area contributed by atoms with Gasteiger partial charge in [0.25, 0.3) is 0 Å². The summed E-state index contributed by atoms with van der Waals surface area (Å²) in [6, 6.07) is 13.2. The van der Waals surface area contributed by atoms with Gasteiger partial charge in [-0.3, -0.25) is 19.9 Å². The molecule has 0 saturated heterocycles. The molecule has 0 saturated carbocycles. The summed E-state index contributed by atoms with van der Waals surface area (Å²) in [4.78, 5) is 22.4. The second-order valence-electron chi connectivity index (χ2n) is 3.85. The van der Waals surface area contributed by atoms with Gasteiger partial charge in [0.05, 0.1) is 0 Å². The molecular weight excluding hydrogens is 300 g/mol. The number of aromatic nitrogens is 6. The molecule has 4 aromatic heterocycles. The van der Waals surface area contributed by atoms with Crippen LogP contribution in [0.4, 0.5) is 0 Å². The standard InChI is InChI=1S/2C5H5N.2C4H4N2/c2*1-2-4-6-5-3-1;1-2-6-4-3-5-1;1-2-5-4-6-3-1/h2*1-5H;2*1-4H. The SMILES string of the molecule is c1ccncc1.c1ccncc1.c1cnccn1.c1cncnc1. The van der Waals surface area contributed by atoms with E-state index in [9.17, 15) is 0 Å². The summed E-state index contributed by atoms with van der Waals surface area (Å²) in [7, 11) is 0. The van der Waals surface area contributed by atoms with Gasteiger partial charge in [-0.25, -0.2) is 9.97 Å². The third-order valence-corrected chi connectivity index (χ3v) is 2.09. The van der Waals surface area contributed by atoms with Gasteiger partial charge in [-0.1, -0.05) is 12.1 Å². The smallest absolute Gasteiger partial charge is 0.115 e. The maximum Gasteiger partial charge on any atom is 0.115 e. The zero-order chi connectivity index (χ0) is 17.0. The molecule has 0 fully saturated rings. The predicted octanol–water partition coefficient (Wildman–Crippen LogP) is 3.12. The Labute approximate surface area is 141 Å². The normalized spacial score (nSPS) is 8.00. The third-order valence-electron chi connectivity index (χ3n) is 2.09. The van der Waals surface area contributed by atoms with E-state index >= 15 is 0 Å². The van der Waals surface area contributed by atoms with Gasteiger partial charge in [-0.15, -0.1) is 0 Å². The van der Waals surface area contributed by atoms with Gasteiger partial charge in [-0.2, -0.15) is 0 Å². The Morgan fingerprint density at radius 3 is 0.708 bits per heavy atom. The van der Waals surface area contributed by atoms with E-state index in [1.54, 1.807) is 68.0 Å². The van der Waals surface area contributed by atoms with Crippen LogP contribution in [0.5, 0.6) is 0 Å². The van der Waals surface area contributed by atoms with Crippen LogP contribution in [0.25, 0.3) is 0 Å². The largest absolute Gasteiger partial charge is 0.265 e. The molecule has 0 radical (unpaired) electrons. The van der Waals surface area contributed by atoms with Crippen LogP contribution < -0.4 is 0 Å². The van der Waals surface area contributed by atoms with E-state index in [1.807, 2.05) is 36.4 Å². The van der Waals surface area contributed by atoms with Crippen LogP contribution in [0.2, 0.25) is 0 Å². The zero-order valence-electron chi connectivity index (χ0n) is 13.1. The van der Waals surface area contributed by atoms with E-state index < -0.39 is 0 Å². The van der Waals surface area contributed by atoms with Crippen LogP contribution in [0, 0.1) is 0 Å². The fourth-order valence-corrected chi connectivity index (χ4v) is 1.13. The van der Waals surface area contributed by atoms with Crippen molar-refractivity contribution in [1.29, 1.82) is 0 Å². The number of nitrogens with zero attached hydrogens (tertiary/aromatic N) is 6. The zero-order valence-corrected chi connectivity index (χ0v) is 13.1. The third kappa shape index (κ3) is 13.4. The van der Waals surface area contributed by atoms with Crippen molar-refractivity contribution in [3.8, 4) is 0 Å². The summed E-state index contributed by atoms with van der Waals surface area (Å²) in [5.41, 5.74) is 0. The molecule has 4 aromatic rings. The van der Waals surface area contributed by atoms with Gasteiger partial charge in [0.15, 0.2) is 0 Å². The molecule has 120 valence electrons. The second-order valence-corrected chi connectivity index (χ2v) is 3.85. The fraction of sp³-hybridized carbons (Fsp3) is 0. The van der Waals surface area contributed by atoms with Gasteiger partial charge in [0.1, 0.15) is 6.33 Å². The molecule has 0 amide bonds. The van der Waals surface area contributed by atoms with Crippen LogP contribution in [0.3, 0.4) is 0 Å². The molecule has 0 spiro atoms. The topological polar surface area (TPSA) is 77.3 Å². The van der Waals surface area contributed by atoms with Gasteiger partial charge < -0.3 is 0 Å². The lowest BCUT2D eigenvalue weighted by molar-refractivity contribution is 1.17. The highest BCUT2D eigenvalue weighted by Gasteiger charge is 1.60. The number of hydrogen-bond acceptors (Lipinski definition) is 6. The van der Waals surface area contributed by atoms with E-state index in [1.165, 1.54) is 6.33 Å². The monoisotopic (exact) mass is 318 g/mol. The molecule has 0 aliphatic rings. The number of pyridine rings is 2. The second kappa shape index (κ2) is 15.8. The molecule has 0 aromatic carbocycles. The van der Waals surface area contributed by atoms with Crippen LogP contribution in [-0.2, 0) is 0 Å². The molecule has 0 N–H and O–H groups in total. The number of rotatable bonds is 0. The Bertz CT molecular complexity index is 433. The molecule has 24 heavy (non-hydrogen) atoms. The average Bonchev–Trinajstić information content (AvgIpc) is 2.75. The Kier molecular flexibility index (Phi) is 12.2. The fourth-order valence-electron chi connectivity index (χ4n) is 1.13. The quantitative estimate of drug-likeness (QED) is 0.496. The van der Waals surface area contributed by atoms with Crippen molar-refractivity contribution in [2.24, 2.45) is 0 Å². The highest BCUT2D eigenvalue weighted by Crippen LogP contribution is 1.74. The Hall–Kier alpha value is -3.54. The summed E-state index contributed by atoms with van der Waals surface area (Å²) >= 11 is 0. The highest BCUT2D eigenvalue weighted by molar-refractivity contribution is 4.88. The minimum atomic E-state index is 1.50. The lowest BCUT2D eigenvalue weighted by Gasteiger charge is -1.70. The van der Waals surface area contributed by atoms with Gasteiger partial charge in [-0.05, 0) is 30.3 Å². The van der Waals surface area contributed by atoms with Crippen LogP contribution in [0.15, 0.2) is 111 Å². The summed E-state index contributed by atoms with van der Waals surface area (Å²) < 4.78 is 0. The van der Waals surface area contributed by atoms with Crippen molar-refractivity contribution >= 4 is 0 Å². The first-order chi connectivity index (χ1) is 12.0. The summed E-state index contributed by atoms with van der Waals surface area (Å²) in [6.07, 6.45) is 18.4. The van der Waals surface area contributed by atoms with Crippen molar-refractivity contribution in [3.63, 3.8) is 0 Å². The van der Waals surface area contributed by atoms with Crippen LogP contribution >= 0.6 is 0 Å². The van der Waals surface area contributed by atoms with Gasteiger partial charge >= 0.3 is 0 Å². The predicted molar refractivity (Wildman–Crippen MR) is 92.5 cm³/mol. The molecule has 0 unspecified atom stereocenters. The first-order valence-corrected chi connectivity index (χ1v) is 7.10. The van der Waals surface area contributed by atoms with Crippen LogP contribution in [0.1, 0.15) is 0 Å². The molecule has 0 aliphatic carbocycles. The van der Waals surface area contributed by atoms with E-state index in [2.05, 4.69) is 29.9 Å². The molecule has 4 heterocycles. The Balaban J connectivity index is 0.000000160. The van der Waals surface area contributed by atoms with Gasteiger partial charge in [0, 0.05) is 62.0 Å². The van der Waals surface area contributed by atoms with Crippen molar-refractivity contribution in [2.75, 3.05) is 0 Å².